The molecule has 5 heteroatoms. The summed E-state index contributed by atoms with van der Waals surface area (Å²) in [6.07, 6.45) is 0. The van der Waals surface area contributed by atoms with Gasteiger partial charge in [0.15, 0.2) is 5.96 Å². The molecular weight excluding hydrogens is 144 g/mol. The minimum atomic E-state index is -0.0766. The summed E-state index contributed by atoms with van der Waals surface area (Å²) in [7, 11) is 1.62. The number of carbonyl (C=O) groups excluding carboxylic acids is 1. The number of aliphatic imine (C=N–C) groups is 1. The molecule has 0 bridgehead atoms. The second-order valence-corrected chi connectivity index (χ2v) is 2.42. The smallest absolute Gasteiger partial charge is 0.226 e. The lowest BCUT2D eigenvalue weighted by atomic mass is 10.1. The van der Waals surface area contributed by atoms with Crippen molar-refractivity contribution in [2.75, 3.05) is 20.1 Å². The van der Waals surface area contributed by atoms with Crippen LogP contribution in [0.15, 0.2) is 4.99 Å². The van der Waals surface area contributed by atoms with Crippen LogP contribution < -0.4 is 16.4 Å². The highest BCUT2D eigenvalue weighted by atomic mass is 16.1. The number of nitrogens with zero attached hydrogens (tertiary/aromatic N) is 1. The molecule has 11 heavy (non-hydrogen) atoms. The number of hydrogen-bond acceptors (Lipinski definition) is 4. The van der Waals surface area contributed by atoms with Gasteiger partial charge in [-0.05, 0) is 0 Å². The first-order valence-corrected chi connectivity index (χ1v) is 3.49. The summed E-state index contributed by atoms with van der Waals surface area (Å²) >= 11 is 0. The van der Waals surface area contributed by atoms with Gasteiger partial charge in [0, 0.05) is 13.6 Å². The molecule has 0 radical (unpaired) electrons. The van der Waals surface area contributed by atoms with E-state index in [0.29, 0.717) is 19.0 Å². The highest BCUT2D eigenvalue weighted by Crippen LogP contribution is 1.99. The van der Waals surface area contributed by atoms with Crippen LogP contribution >= 0.6 is 0 Å². The zero-order valence-electron chi connectivity index (χ0n) is 6.42. The van der Waals surface area contributed by atoms with Crippen molar-refractivity contribution in [3.63, 3.8) is 0 Å². The van der Waals surface area contributed by atoms with Gasteiger partial charge in [0.25, 0.3) is 0 Å². The first kappa shape index (κ1) is 7.84. The molecule has 62 valence electrons. The second kappa shape index (κ2) is 3.23. The first-order chi connectivity index (χ1) is 5.24. The largest absolute Gasteiger partial charge is 0.370 e. The van der Waals surface area contributed by atoms with E-state index >= 15 is 0 Å². The minimum Gasteiger partial charge on any atom is -0.370 e. The van der Waals surface area contributed by atoms with E-state index in [0.717, 1.165) is 0 Å². The van der Waals surface area contributed by atoms with Gasteiger partial charge in [-0.3, -0.25) is 9.79 Å². The number of hydrogen-bond donors (Lipinski definition) is 3. The molecule has 0 spiro atoms. The molecule has 0 saturated heterocycles. The van der Waals surface area contributed by atoms with Crippen LogP contribution in [0.2, 0.25) is 0 Å². The Morgan fingerprint density at radius 1 is 1.91 bits per heavy atom. The van der Waals surface area contributed by atoms with Gasteiger partial charge >= 0.3 is 0 Å². The molecule has 0 aromatic carbocycles. The molecule has 4 N–H and O–H groups in total. The first-order valence-electron chi connectivity index (χ1n) is 3.49. The van der Waals surface area contributed by atoms with E-state index in [-0.39, 0.29) is 11.8 Å². The number of nitrogens with one attached hydrogen (secondary N) is 2. The van der Waals surface area contributed by atoms with Crippen molar-refractivity contribution < 1.29 is 4.79 Å². The number of guanidine groups is 1. The topological polar surface area (TPSA) is 79.5 Å². The van der Waals surface area contributed by atoms with Crippen molar-refractivity contribution in [3.8, 4) is 0 Å². The van der Waals surface area contributed by atoms with E-state index < -0.39 is 0 Å². The molecule has 1 amide bonds. The Morgan fingerprint density at radius 3 is 3.09 bits per heavy atom. The van der Waals surface area contributed by atoms with Crippen molar-refractivity contribution >= 4 is 11.9 Å². The molecular formula is C6H12N4O. The van der Waals surface area contributed by atoms with Crippen molar-refractivity contribution in [1.82, 2.24) is 10.6 Å². The molecule has 1 atom stereocenters. The fraction of sp³-hybridized carbons (Fsp3) is 0.667. The van der Waals surface area contributed by atoms with Gasteiger partial charge in [0.1, 0.15) is 0 Å². The average molecular weight is 156 g/mol. The van der Waals surface area contributed by atoms with Gasteiger partial charge in [0.2, 0.25) is 5.91 Å². The van der Waals surface area contributed by atoms with E-state index in [2.05, 4.69) is 15.6 Å². The Hall–Kier alpha value is -1.26. The van der Waals surface area contributed by atoms with E-state index in [4.69, 9.17) is 5.73 Å². The van der Waals surface area contributed by atoms with Crippen LogP contribution in [0.4, 0.5) is 0 Å². The number of amides is 1. The van der Waals surface area contributed by atoms with Gasteiger partial charge in [-0.25, -0.2) is 0 Å². The molecule has 0 fully saturated rings. The predicted molar refractivity (Wildman–Crippen MR) is 42.0 cm³/mol. The third-order valence-electron chi connectivity index (χ3n) is 1.63. The summed E-state index contributed by atoms with van der Waals surface area (Å²) in [4.78, 5) is 14.9. The monoisotopic (exact) mass is 156 g/mol. The van der Waals surface area contributed by atoms with Gasteiger partial charge in [0.05, 0.1) is 12.5 Å². The highest BCUT2D eigenvalue weighted by molar-refractivity contribution is 5.83. The molecule has 0 aromatic heterocycles. The Kier molecular flexibility index (Phi) is 2.30. The molecule has 0 saturated carbocycles. The van der Waals surface area contributed by atoms with Gasteiger partial charge in [-0.15, -0.1) is 0 Å². The van der Waals surface area contributed by atoms with Crippen LogP contribution in [0.5, 0.6) is 0 Å². The van der Waals surface area contributed by atoms with Crippen LogP contribution in [0, 0.1) is 5.92 Å². The molecule has 1 aliphatic heterocycles. The maximum absolute atomic E-state index is 11.0. The van der Waals surface area contributed by atoms with Crippen LogP contribution in [0.25, 0.3) is 0 Å². The maximum atomic E-state index is 11.0. The zero-order valence-corrected chi connectivity index (χ0v) is 6.42. The Morgan fingerprint density at radius 2 is 2.64 bits per heavy atom. The third kappa shape index (κ3) is 1.83. The van der Waals surface area contributed by atoms with Crippen LogP contribution in [0.1, 0.15) is 0 Å². The van der Waals surface area contributed by atoms with Gasteiger partial charge < -0.3 is 16.4 Å². The average Bonchev–Trinajstić information content (AvgIpc) is 2.05. The Bertz CT molecular complexity index is 189. The standard InChI is InChI=1S/C6H12N4O/c1-8-5(11)4-2-9-6(7)10-3-4/h4H,2-3H2,1H3,(H,8,11)(H3,7,9,10). The lowest BCUT2D eigenvalue weighted by Gasteiger charge is -2.19. The Balaban J connectivity index is 2.47. The lowest BCUT2D eigenvalue weighted by molar-refractivity contribution is -0.124. The van der Waals surface area contributed by atoms with Gasteiger partial charge in [-0.1, -0.05) is 0 Å². The fourth-order valence-corrected chi connectivity index (χ4v) is 0.936. The lowest BCUT2D eigenvalue weighted by Crippen LogP contribution is -2.45. The molecule has 0 aromatic rings. The number of carbonyl (C=O) groups is 1. The number of rotatable bonds is 1. The molecule has 1 heterocycles. The summed E-state index contributed by atoms with van der Waals surface area (Å²) < 4.78 is 0. The van der Waals surface area contributed by atoms with E-state index in [1.165, 1.54) is 0 Å². The molecule has 1 aliphatic rings. The predicted octanol–water partition coefficient (Wildman–Crippen LogP) is -1.73. The van der Waals surface area contributed by atoms with Crippen molar-refractivity contribution in [3.05, 3.63) is 0 Å². The maximum Gasteiger partial charge on any atom is 0.226 e. The van der Waals surface area contributed by atoms with E-state index in [1.807, 2.05) is 0 Å². The molecule has 1 rings (SSSR count). The fourth-order valence-electron chi connectivity index (χ4n) is 0.936. The molecule has 0 aliphatic carbocycles. The summed E-state index contributed by atoms with van der Waals surface area (Å²) in [5.74, 6) is 0.353. The van der Waals surface area contributed by atoms with Crippen molar-refractivity contribution in [2.24, 2.45) is 16.6 Å². The highest BCUT2D eigenvalue weighted by Gasteiger charge is 2.19. The summed E-state index contributed by atoms with van der Waals surface area (Å²) in [5.41, 5.74) is 5.35. The summed E-state index contributed by atoms with van der Waals surface area (Å²) in [5, 5.41) is 5.37. The third-order valence-corrected chi connectivity index (χ3v) is 1.63. The Labute approximate surface area is 65.1 Å². The van der Waals surface area contributed by atoms with Gasteiger partial charge in [-0.2, -0.15) is 0 Å². The van der Waals surface area contributed by atoms with E-state index in [1.54, 1.807) is 7.05 Å². The minimum absolute atomic E-state index is 0.00810. The van der Waals surface area contributed by atoms with Crippen LogP contribution in [0.3, 0.4) is 0 Å². The molecule has 5 nitrogen and oxygen atoms in total. The normalized spacial score (nSPS) is 23.4. The zero-order chi connectivity index (χ0) is 8.27. The van der Waals surface area contributed by atoms with Crippen LogP contribution in [-0.2, 0) is 4.79 Å². The van der Waals surface area contributed by atoms with Crippen molar-refractivity contribution in [1.29, 1.82) is 0 Å². The SMILES string of the molecule is CNC(=O)C1CN=C(N)NC1. The number of nitrogens with two attached hydrogens (primary N) is 1. The second-order valence-electron chi connectivity index (χ2n) is 2.42. The van der Waals surface area contributed by atoms with E-state index in [9.17, 15) is 4.79 Å². The molecule has 1 unspecified atom stereocenters. The van der Waals surface area contributed by atoms with Crippen LogP contribution in [-0.4, -0.2) is 32.0 Å². The van der Waals surface area contributed by atoms with Crippen molar-refractivity contribution in [2.45, 2.75) is 0 Å². The summed E-state index contributed by atoms with van der Waals surface area (Å²) in [6, 6.07) is 0. The summed E-state index contributed by atoms with van der Waals surface area (Å²) in [6.45, 7) is 1.06. The quantitative estimate of drug-likeness (QED) is 0.422.